The Labute approximate surface area is 132 Å². The van der Waals surface area contributed by atoms with Crippen molar-refractivity contribution in [3.8, 4) is 0 Å². The minimum absolute atomic E-state index is 0.311. The van der Waals surface area contributed by atoms with Crippen molar-refractivity contribution in [1.29, 1.82) is 0 Å². The number of nitrogens with zero attached hydrogens (tertiary/aromatic N) is 2. The van der Waals surface area contributed by atoms with E-state index in [1.54, 1.807) is 0 Å². The van der Waals surface area contributed by atoms with Gasteiger partial charge in [0.15, 0.2) is 0 Å². The second-order valence-electron chi connectivity index (χ2n) is 5.90. The van der Waals surface area contributed by atoms with Crippen LogP contribution in [0.3, 0.4) is 0 Å². The minimum atomic E-state index is 0.311. The third kappa shape index (κ3) is 3.00. The first-order valence-electron chi connectivity index (χ1n) is 8.16. The Morgan fingerprint density at radius 2 is 2.05 bits per heavy atom. The molecule has 2 aromatic rings. The van der Waals surface area contributed by atoms with Gasteiger partial charge in [0.1, 0.15) is 0 Å². The average molecular weight is 296 g/mol. The minimum Gasteiger partial charge on any atom is -0.381 e. The molecule has 2 heterocycles. The Morgan fingerprint density at radius 3 is 2.73 bits per heavy atom. The fraction of sp³-hybridized carbons (Fsp3) is 0.421. The summed E-state index contributed by atoms with van der Waals surface area (Å²) in [6.45, 7) is 7.96. The van der Waals surface area contributed by atoms with Crippen molar-refractivity contribution in [2.75, 3.05) is 13.2 Å². The molecule has 0 radical (unpaired) electrons. The van der Waals surface area contributed by atoms with Crippen molar-refractivity contribution in [2.24, 2.45) is 5.92 Å². The monoisotopic (exact) mass is 296 g/mol. The Hall–Kier alpha value is -1.87. The molecule has 0 aliphatic carbocycles. The van der Waals surface area contributed by atoms with Crippen molar-refractivity contribution in [3.63, 3.8) is 0 Å². The van der Waals surface area contributed by atoms with E-state index in [2.05, 4.69) is 59.5 Å². The largest absolute Gasteiger partial charge is 0.381 e. The van der Waals surface area contributed by atoms with E-state index < -0.39 is 0 Å². The fourth-order valence-electron chi connectivity index (χ4n) is 3.39. The zero-order valence-corrected chi connectivity index (χ0v) is 13.2. The predicted molar refractivity (Wildman–Crippen MR) is 89.9 cm³/mol. The van der Waals surface area contributed by atoms with Crippen LogP contribution in [0, 0.1) is 5.92 Å². The lowest BCUT2D eigenvalue weighted by Crippen LogP contribution is -2.36. The molecule has 116 valence electrons. The van der Waals surface area contributed by atoms with Gasteiger partial charge in [-0.15, -0.1) is 0 Å². The van der Waals surface area contributed by atoms with Crippen LogP contribution in [-0.4, -0.2) is 22.8 Å². The van der Waals surface area contributed by atoms with Crippen LogP contribution in [0.4, 0.5) is 0 Å². The number of ether oxygens (including phenoxy) is 1. The van der Waals surface area contributed by atoms with Crippen molar-refractivity contribution in [3.05, 3.63) is 52.9 Å². The summed E-state index contributed by atoms with van der Waals surface area (Å²) >= 11 is 0. The second-order valence-corrected chi connectivity index (χ2v) is 5.90. The van der Waals surface area contributed by atoms with Gasteiger partial charge < -0.3 is 9.30 Å². The number of aromatic nitrogens is 2. The van der Waals surface area contributed by atoms with Gasteiger partial charge in [0.25, 0.3) is 0 Å². The van der Waals surface area contributed by atoms with E-state index >= 15 is 0 Å². The highest BCUT2D eigenvalue weighted by Gasteiger charge is 2.27. The van der Waals surface area contributed by atoms with Crippen LogP contribution in [-0.2, 0) is 4.74 Å². The molecule has 0 N–H and O–H groups in total. The van der Waals surface area contributed by atoms with Gasteiger partial charge in [-0.25, -0.2) is 4.98 Å². The Morgan fingerprint density at radius 1 is 1.32 bits per heavy atom. The van der Waals surface area contributed by atoms with Crippen LogP contribution in [0.5, 0.6) is 0 Å². The molecule has 0 bridgehead atoms. The zero-order valence-electron chi connectivity index (χ0n) is 13.2. The molecule has 1 atom stereocenters. The average Bonchev–Trinajstić information content (AvgIpc) is 2.92. The van der Waals surface area contributed by atoms with Crippen molar-refractivity contribution in [2.45, 2.75) is 32.2 Å². The molecule has 0 saturated carbocycles. The number of hydrogen-bond donors (Lipinski definition) is 0. The van der Waals surface area contributed by atoms with E-state index in [0.717, 1.165) is 43.2 Å². The molecule has 0 amide bonds. The molecule has 0 spiro atoms. The molecule has 1 aromatic carbocycles. The smallest absolute Gasteiger partial charge is 0.0963 e. The van der Waals surface area contributed by atoms with Gasteiger partial charge in [-0.05, 0) is 30.7 Å². The molecule has 3 nitrogen and oxygen atoms in total. The number of benzene rings is 1. The topological polar surface area (TPSA) is 27.1 Å². The van der Waals surface area contributed by atoms with E-state index in [9.17, 15) is 0 Å². The van der Waals surface area contributed by atoms with Gasteiger partial charge in [0.05, 0.1) is 23.1 Å². The standard InChI is InChI=1S/C19H24N2O/c1-3-7-18-15(2)20-14-21(18)19(16-8-5-4-6-9-16)17-10-12-22-13-11-17/h4-9,14,17,19H,2-3,10-13H2,1H3/b18-7+. The lowest BCUT2D eigenvalue weighted by Gasteiger charge is -2.32. The van der Waals surface area contributed by atoms with Gasteiger partial charge in [-0.2, -0.15) is 0 Å². The van der Waals surface area contributed by atoms with Gasteiger partial charge in [-0.1, -0.05) is 49.9 Å². The maximum atomic E-state index is 5.56. The first-order chi connectivity index (χ1) is 10.8. The molecule has 1 aliphatic rings. The molecular weight excluding hydrogens is 272 g/mol. The second kappa shape index (κ2) is 6.93. The Kier molecular flexibility index (Phi) is 4.74. The summed E-state index contributed by atoms with van der Waals surface area (Å²) in [5.74, 6) is 0.578. The quantitative estimate of drug-likeness (QED) is 0.867. The van der Waals surface area contributed by atoms with E-state index in [4.69, 9.17) is 4.74 Å². The van der Waals surface area contributed by atoms with E-state index in [1.807, 2.05) is 6.33 Å². The van der Waals surface area contributed by atoms with E-state index in [-0.39, 0.29) is 0 Å². The molecule has 1 aromatic heterocycles. The third-order valence-corrected chi connectivity index (χ3v) is 4.46. The Balaban J connectivity index is 2.10. The van der Waals surface area contributed by atoms with Crippen LogP contribution in [0.2, 0.25) is 0 Å². The predicted octanol–water partition coefficient (Wildman–Crippen LogP) is 2.50. The molecular formula is C19H24N2O. The first-order valence-corrected chi connectivity index (χ1v) is 8.16. The maximum Gasteiger partial charge on any atom is 0.0963 e. The molecule has 1 saturated heterocycles. The fourth-order valence-corrected chi connectivity index (χ4v) is 3.39. The van der Waals surface area contributed by atoms with Crippen molar-refractivity contribution >= 4 is 12.7 Å². The third-order valence-electron chi connectivity index (χ3n) is 4.46. The number of rotatable bonds is 4. The molecule has 22 heavy (non-hydrogen) atoms. The van der Waals surface area contributed by atoms with Crippen LogP contribution in [0.1, 0.15) is 37.8 Å². The van der Waals surface area contributed by atoms with E-state index in [1.165, 1.54) is 5.56 Å². The van der Waals surface area contributed by atoms with Crippen LogP contribution >= 0.6 is 0 Å². The highest BCUT2D eigenvalue weighted by atomic mass is 16.5. The SMILES string of the molecule is C=c1ncn(C(c2ccccc2)C2CCOCC2)/c1=C/CC. The number of hydrogen-bond acceptors (Lipinski definition) is 2. The van der Waals surface area contributed by atoms with Crippen molar-refractivity contribution in [1.82, 2.24) is 9.55 Å². The summed E-state index contributed by atoms with van der Waals surface area (Å²) in [6.07, 6.45) is 7.36. The first kappa shape index (κ1) is 15.0. The van der Waals surface area contributed by atoms with Gasteiger partial charge in [0.2, 0.25) is 0 Å². The van der Waals surface area contributed by atoms with Gasteiger partial charge >= 0.3 is 0 Å². The van der Waals surface area contributed by atoms with E-state index in [0.29, 0.717) is 12.0 Å². The van der Waals surface area contributed by atoms with Gasteiger partial charge in [-0.3, -0.25) is 0 Å². The summed E-state index contributed by atoms with van der Waals surface area (Å²) in [5.41, 5.74) is 1.34. The molecule has 3 heteroatoms. The van der Waals surface area contributed by atoms with Crippen LogP contribution in [0.15, 0.2) is 36.7 Å². The lowest BCUT2D eigenvalue weighted by molar-refractivity contribution is 0.0539. The van der Waals surface area contributed by atoms with Crippen molar-refractivity contribution < 1.29 is 4.74 Å². The molecule has 1 aliphatic heterocycles. The Bertz CT molecular complexity index is 699. The van der Waals surface area contributed by atoms with Crippen LogP contribution in [0.25, 0.3) is 12.7 Å². The zero-order chi connectivity index (χ0) is 15.4. The maximum absolute atomic E-state index is 5.56. The highest BCUT2D eigenvalue weighted by molar-refractivity contribution is 5.25. The normalized spacial score (nSPS) is 18.5. The lowest BCUT2D eigenvalue weighted by atomic mass is 9.87. The van der Waals surface area contributed by atoms with Gasteiger partial charge in [0, 0.05) is 13.2 Å². The molecule has 3 rings (SSSR count). The molecule has 1 fully saturated rings. The summed E-state index contributed by atoms with van der Waals surface area (Å²) in [6, 6.07) is 11.1. The number of imidazole rings is 1. The molecule has 1 unspecified atom stereocenters. The van der Waals surface area contributed by atoms with Crippen LogP contribution < -0.4 is 10.7 Å². The summed E-state index contributed by atoms with van der Waals surface area (Å²) in [7, 11) is 0. The summed E-state index contributed by atoms with van der Waals surface area (Å²) in [5, 5.41) is 2.03. The summed E-state index contributed by atoms with van der Waals surface area (Å²) < 4.78 is 7.88. The summed E-state index contributed by atoms with van der Waals surface area (Å²) in [4.78, 5) is 4.47. The highest BCUT2D eigenvalue weighted by Crippen LogP contribution is 2.32.